The molecular formula is C13H20F3N3S. The van der Waals surface area contributed by atoms with E-state index in [4.69, 9.17) is 0 Å². The third-order valence-corrected chi connectivity index (χ3v) is 4.67. The molecule has 1 aromatic heterocycles. The van der Waals surface area contributed by atoms with Gasteiger partial charge in [-0.3, -0.25) is 4.90 Å². The molecule has 1 fully saturated rings. The lowest BCUT2D eigenvalue weighted by atomic mass is 10.1. The van der Waals surface area contributed by atoms with Gasteiger partial charge in [0.1, 0.15) is 9.88 Å². The Hall–Kier alpha value is -0.660. The molecule has 0 bridgehead atoms. The van der Waals surface area contributed by atoms with E-state index in [0.717, 1.165) is 56.4 Å². The molecule has 2 rings (SSSR count). The van der Waals surface area contributed by atoms with Crippen LogP contribution in [0.25, 0.3) is 0 Å². The Bertz CT molecular complexity index is 411. The predicted molar refractivity (Wildman–Crippen MR) is 73.7 cm³/mol. The van der Waals surface area contributed by atoms with Crippen LogP contribution in [0.15, 0.2) is 6.20 Å². The lowest BCUT2D eigenvalue weighted by molar-refractivity contribution is -0.134. The first-order valence-corrected chi connectivity index (χ1v) is 7.79. The van der Waals surface area contributed by atoms with Crippen molar-refractivity contribution in [2.24, 2.45) is 0 Å². The Morgan fingerprint density at radius 1 is 1.40 bits per heavy atom. The first-order valence-electron chi connectivity index (χ1n) is 6.97. The van der Waals surface area contributed by atoms with E-state index >= 15 is 0 Å². The number of hydrogen-bond donors (Lipinski definition) is 1. The Morgan fingerprint density at radius 2 is 2.20 bits per heavy atom. The van der Waals surface area contributed by atoms with Crippen LogP contribution in [-0.2, 0) is 12.7 Å². The summed E-state index contributed by atoms with van der Waals surface area (Å²) in [5.74, 6) is 0. The molecule has 1 aromatic rings. The molecule has 2 heterocycles. The second-order valence-electron chi connectivity index (χ2n) is 5.01. The number of halogens is 3. The quantitative estimate of drug-likeness (QED) is 0.926. The Kier molecular flexibility index (Phi) is 5.40. The second kappa shape index (κ2) is 6.87. The van der Waals surface area contributed by atoms with Crippen molar-refractivity contribution in [2.45, 2.75) is 44.9 Å². The van der Waals surface area contributed by atoms with E-state index in [1.807, 2.05) is 0 Å². The van der Waals surface area contributed by atoms with E-state index in [2.05, 4.69) is 22.1 Å². The fourth-order valence-corrected chi connectivity index (χ4v) is 3.36. The number of alkyl halides is 3. The monoisotopic (exact) mass is 307 g/mol. The van der Waals surface area contributed by atoms with Crippen molar-refractivity contribution in [3.63, 3.8) is 0 Å². The van der Waals surface area contributed by atoms with Gasteiger partial charge in [0.25, 0.3) is 0 Å². The number of thiazole rings is 1. The van der Waals surface area contributed by atoms with Gasteiger partial charge in [0.05, 0.1) is 12.7 Å². The summed E-state index contributed by atoms with van der Waals surface area (Å²) in [5, 5.41) is 3.91. The van der Waals surface area contributed by atoms with Gasteiger partial charge < -0.3 is 5.32 Å². The first kappa shape index (κ1) is 15.7. The zero-order valence-electron chi connectivity index (χ0n) is 11.5. The standard InChI is InChI=1S/C13H20F3N3S/c1-2-19(10-4-3-6-17-7-5-10)9-12-18-8-11(20-12)13(14,15)16/h8,10,17H,2-7,9H2,1H3. The maximum absolute atomic E-state index is 12.6. The molecule has 7 heteroatoms. The molecule has 0 saturated carbocycles. The smallest absolute Gasteiger partial charge is 0.317 e. The zero-order chi connectivity index (χ0) is 14.6. The van der Waals surface area contributed by atoms with Gasteiger partial charge in [-0.15, -0.1) is 11.3 Å². The first-order chi connectivity index (χ1) is 9.50. The van der Waals surface area contributed by atoms with E-state index in [1.165, 1.54) is 0 Å². The molecule has 3 nitrogen and oxygen atoms in total. The van der Waals surface area contributed by atoms with Crippen LogP contribution < -0.4 is 5.32 Å². The highest BCUT2D eigenvalue weighted by atomic mass is 32.1. The van der Waals surface area contributed by atoms with Gasteiger partial charge in [-0.1, -0.05) is 6.92 Å². The number of rotatable bonds is 4. The third kappa shape index (κ3) is 4.17. The minimum atomic E-state index is -4.28. The van der Waals surface area contributed by atoms with Gasteiger partial charge in [0, 0.05) is 6.04 Å². The van der Waals surface area contributed by atoms with Crippen molar-refractivity contribution in [3.05, 3.63) is 16.1 Å². The number of nitrogens with zero attached hydrogens (tertiary/aromatic N) is 2. The molecule has 0 amide bonds. The summed E-state index contributed by atoms with van der Waals surface area (Å²) >= 11 is 0.759. The van der Waals surface area contributed by atoms with Gasteiger partial charge in [0.2, 0.25) is 0 Å². The lowest BCUT2D eigenvalue weighted by Crippen LogP contribution is -2.35. The molecule has 0 aliphatic carbocycles. The van der Waals surface area contributed by atoms with Crippen molar-refractivity contribution in [1.29, 1.82) is 0 Å². The van der Waals surface area contributed by atoms with E-state index in [1.54, 1.807) is 0 Å². The van der Waals surface area contributed by atoms with Gasteiger partial charge in [-0.2, -0.15) is 13.2 Å². The number of hydrogen-bond acceptors (Lipinski definition) is 4. The average Bonchev–Trinajstić information content (AvgIpc) is 2.71. The fraction of sp³-hybridized carbons (Fsp3) is 0.769. The van der Waals surface area contributed by atoms with Crippen LogP contribution in [0, 0.1) is 0 Å². The lowest BCUT2D eigenvalue weighted by Gasteiger charge is -2.28. The summed E-state index contributed by atoms with van der Waals surface area (Å²) in [4.78, 5) is 5.57. The third-order valence-electron chi connectivity index (χ3n) is 3.64. The topological polar surface area (TPSA) is 28.2 Å². The molecule has 1 unspecified atom stereocenters. The number of nitrogens with one attached hydrogen (secondary N) is 1. The van der Waals surface area contributed by atoms with Gasteiger partial charge in [-0.25, -0.2) is 4.98 Å². The largest absolute Gasteiger partial charge is 0.427 e. The second-order valence-corrected chi connectivity index (χ2v) is 6.13. The SMILES string of the molecule is CCN(Cc1ncc(C(F)(F)F)s1)C1CCCNCC1. The molecule has 1 aliphatic rings. The molecule has 0 aromatic carbocycles. The normalized spacial score (nSPS) is 21.1. The van der Waals surface area contributed by atoms with Crippen LogP contribution in [-0.4, -0.2) is 35.6 Å². The Balaban J connectivity index is 2.00. The molecule has 0 radical (unpaired) electrons. The van der Waals surface area contributed by atoms with Crippen LogP contribution in [0.3, 0.4) is 0 Å². The van der Waals surface area contributed by atoms with Gasteiger partial charge in [0.15, 0.2) is 0 Å². The highest BCUT2D eigenvalue weighted by molar-refractivity contribution is 7.11. The summed E-state index contributed by atoms with van der Waals surface area (Å²) < 4.78 is 37.7. The molecular weight excluding hydrogens is 287 g/mol. The molecule has 1 atom stereocenters. The minimum absolute atomic E-state index is 0.438. The summed E-state index contributed by atoms with van der Waals surface area (Å²) in [6.07, 6.45) is -0.0712. The average molecular weight is 307 g/mol. The van der Waals surface area contributed by atoms with Crippen LogP contribution in [0.5, 0.6) is 0 Å². The summed E-state index contributed by atoms with van der Waals surface area (Å²) in [7, 11) is 0. The minimum Gasteiger partial charge on any atom is -0.317 e. The van der Waals surface area contributed by atoms with E-state index in [-0.39, 0.29) is 0 Å². The summed E-state index contributed by atoms with van der Waals surface area (Å²) in [6, 6.07) is 0.438. The van der Waals surface area contributed by atoms with Gasteiger partial charge >= 0.3 is 6.18 Å². The predicted octanol–water partition coefficient (Wildman–Crippen LogP) is 3.13. The molecule has 20 heavy (non-hydrogen) atoms. The van der Waals surface area contributed by atoms with E-state index in [0.29, 0.717) is 17.6 Å². The van der Waals surface area contributed by atoms with E-state index in [9.17, 15) is 13.2 Å². The maximum Gasteiger partial charge on any atom is 0.427 e. The Labute approximate surface area is 121 Å². The molecule has 0 spiro atoms. The summed E-state index contributed by atoms with van der Waals surface area (Å²) in [6.45, 7) is 5.42. The maximum atomic E-state index is 12.6. The van der Waals surface area contributed by atoms with E-state index < -0.39 is 11.1 Å². The highest BCUT2D eigenvalue weighted by Crippen LogP contribution is 2.33. The molecule has 1 aliphatic heterocycles. The van der Waals surface area contributed by atoms with Crippen LogP contribution >= 0.6 is 11.3 Å². The highest BCUT2D eigenvalue weighted by Gasteiger charge is 2.33. The van der Waals surface area contributed by atoms with Crippen molar-refractivity contribution in [2.75, 3.05) is 19.6 Å². The van der Waals surface area contributed by atoms with Crippen molar-refractivity contribution in [1.82, 2.24) is 15.2 Å². The zero-order valence-corrected chi connectivity index (χ0v) is 12.4. The Morgan fingerprint density at radius 3 is 2.85 bits per heavy atom. The van der Waals surface area contributed by atoms with Crippen molar-refractivity contribution < 1.29 is 13.2 Å². The van der Waals surface area contributed by atoms with Crippen molar-refractivity contribution in [3.8, 4) is 0 Å². The molecule has 1 saturated heterocycles. The number of aromatic nitrogens is 1. The van der Waals surface area contributed by atoms with Gasteiger partial charge in [-0.05, 0) is 38.9 Å². The fourth-order valence-electron chi connectivity index (χ4n) is 2.55. The molecule has 114 valence electrons. The van der Waals surface area contributed by atoms with Crippen LogP contribution in [0.1, 0.15) is 36.1 Å². The summed E-state index contributed by atoms with van der Waals surface area (Å²) in [5.41, 5.74) is 0. The molecule has 1 N–H and O–H groups in total. The van der Waals surface area contributed by atoms with Crippen LogP contribution in [0.2, 0.25) is 0 Å². The van der Waals surface area contributed by atoms with Crippen molar-refractivity contribution >= 4 is 11.3 Å². The van der Waals surface area contributed by atoms with Crippen LogP contribution in [0.4, 0.5) is 13.2 Å².